The van der Waals surface area contributed by atoms with Crippen LogP contribution in [0.2, 0.25) is 0 Å². The highest BCUT2D eigenvalue weighted by Gasteiger charge is 2.20. The maximum Gasteiger partial charge on any atom is 0.313 e. The third-order valence-electron chi connectivity index (χ3n) is 13.2. The minimum atomic E-state index is -0.491. The van der Waals surface area contributed by atoms with Gasteiger partial charge in [-0.05, 0) is 69.2 Å². The minimum absolute atomic E-state index is 0.240. The lowest BCUT2D eigenvalue weighted by molar-refractivity contribution is -0.145. The summed E-state index contributed by atoms with van der Waals surface area (Å²) >= 11 is 0. The summed E-state index contributed by atoms with van der Waals surface area (Å²) in [6, 6.07) is 5.73. The van der Waals surface area contributed by atoms with Crippen LogP contribution >= 0.6 is 0 Å². The second kappa shape index (κ2) is 38.7. The number of aliphatic hydroxyl groups is 1. The van der Waals surface area contributed by atoms with Crippen LogP contribution in [0, 0.1) is 5.82 Å². The smallest absolute Gasteiger partial charge is 0.313 e. The number of carbonyl (C=O) groups excluding carboxylic acids is 1. The summed E-state index contributed by atoms with van der Waals surface area (Å²) in [4.78, 5) is 15.4. The number of allylic oxidation sites excluding steroid dienone is 4. The topological polar surface area (TPSA) is 49.8 Å². The molecule has 4 nitrogen and oxygen atoms in total. The fraction of sp³-hybridized carbons (Fsp3) is 0.800. The van der Waals surface area contributed by atoms with Crippen molar-refractivity contribution < 1.29 is 19.0 Å². The predicted octanol–water partition coefficient (Wildman–Crippen LogP) is 16.8. The quantitative estimate of drug-likeness (QED) is 0.0526. The Morgan fingerprint density at radius 3 is 1.55 bits per heavy atom. The fourth-order valence-electron chi connectivity index (χ4n) is 9.14. The van der Waals surface area contributed by atoms with Gasteiger partial charge in [-0.2, -0.15) is 0 Å². The molecule has 2 rings (SSSR count). The summed E-state index contributed by atoms with van der Waals surface area (Å²) in [6.45, 7) is 8.91. The number of hydrogen-bond donors (Lipinski definition) is 1. The molecule has 0 aliphatic heterocycles. The van der Waals surface area contributed by atoms with Crippen LogP contribution in [0.1, 0.15) is 263 Å². The third kappa shape index (κ3) is 27.2. The number of ether oxygens (including phenoxy) is 1. The van der Waals surface area contributed by atoms with E-state index in [9.17, 15) is 14.3 Å². The van der Waals surface area contributed by atoms with Gasteiger partial charge in [0.2, 0.25) is 0 Å². The van der Waals surface area contributed by atoms with Crippen molar-refractivity contribution in [3.8, 4) is 0 Å². The highest BCUT2D eigenvalue weighted by Crippen LogP contribution is 2.28. The standard InChI is InChI=1S/C55H96FNO3/c1-4-6-8-10-12-14-16-18-20-22-24-27-34-40-52(41-35-28-25-23-21-19-17-15-13-11-9-7-5-2)57(45-46-58)44-36-29-26-30-37-47-60-55(59)49(3)51-42-43-53(54(56)48-51)50-38-32-31-33-39-50/h32,38-39,42-43,48-49,52,58H,4-31,33-37,40-41,44-47H2,1-3H3. The van der Waals surface area contributed by atoms with Crippen molar-refractivity contribution in [2.45, 2.75) is 257 Å². The van der Waals surface area contributed by atoms with Gasteiger partial charge in [0.15, 0.2) is 0 Å². The average Bonchev–Trinajstić information content (AvgIpc) is 3.26. The molecule has 60 heavy (non-hydrogen) atoms. The summed E-state index contributed by atoms with van der Waals surface area (Å²) in [5.41, 5.74) is 2.17. The molecule has 1 aliphatic rings. The maximum absolute atomic E-state index is 14.9. The van der Waals surface area contributed by atoms with E-state index in [1.807, 2.05) is 12.1 Å². The normalized spacial score (nSPS) is 13.4. The zero-order valence-electron chi connectivity index (χ0n) is 39.8. The van der Waals surface area contributed by atoms with Crippen LogP contribution in [0.25, 0.3) is 5.57 Å². The summed E-state index contributed by atoms with van der Waals surface area (Å²) < 4.78 is 20.6. The number of esters is 1. The van der Waals surface area contributed by atoms with Gasteiger partial charge in [-0.25, -0.2) is 4.39 Å². The number of unbranched alkanes of at least 4 members (excludes halogenated alkanes) is 28. The number of benzene rings is 1. The molecule has 0 heterocycles. The van der Waals surface area contributed by atoms with E-state index < -0.39 is 5.92 Å². The summed E-state index contributed by atoms with van der Waals surface area (Å²) in [5, 5.41) is 10.1. The van der Waals surface area contributed by atoms with Crippen molar-refractivity contribution in [2.24, 2.45) is 0 Å². The third-order valence-corrected chi connectivity index (χ3v) is 13.2. The molecule has 1 aromatic carbocycles. The number of aliphatic hydroxyl groups excluding tert-OH is 1. The van der Waals surface area contributed by atoms with Crippen LogP contribution < -0.4 is 0 Å². The Morgan fingerprint density at radius 2 is 1.10 bits per heavy atom. The van der Waals surface area contributed by atoms with Crippen LogP contribution in [0.15, 0.2) is 36.4 Å². The van der Waals surface area contributed by atoms with E-state index >= 15 is 0 Å². The molecule has 1 N–H and O–H groups in total. The second-order valence-electron chi connectivity index (χ2n) is 18.5. The molecule has 0 amide bonds. The molecule has 0 saturated heterocycles. The Labute approximate surface area is 371 Å². The average molecular weight is 838 g/mol. The largest absolute Gasteiger partial charge is 0.465 e. The Morgan fingerprint density at radius 1 is 0.633 bits per heavy atom. The van der Waals surface area contributed by atoms with E-state index in [-0.39, 0.29) is 18.4 Å². The van der Waals surface area contributed by atoms with Gasteiger partial charge in [0.05, 0.1) is 19.1 Å². The molecule has 346 valence electrons. The van der Waals surface area contributed by atoms with Gasteiger partial charge in [0.25, 0.3) is 0 Å². The maximum atomic E-state index is 14.9. The number of nitrogens with zero attached hydrogens (tertiary/aromatic N) is 1. The minimum Gasteiger partial charge on any atom is -0.465 e. The molecule has 0 fully saturated rings. The van der Waals surface area contributed by atoms with Gasteiger partial charge >= 0.3 is 5.97 Å². The van der Waals surface area contributed by atoms with Crippen molar-refractivity contribution >= 4 is 11.5 Å². The molecule has 0 aromatic heterocycles. The van der Waals surface area contributed by atoms with Crippen molar-refractivity contribution in [1.82, 2.24) is 4.90 Å². The molecule has 1 unspecified atom stereocenters. The lowest BCUT2D eigenvalue weighted by Crippen LogP contribution is -2.38. The summed E-state index contributed by atoms with van der Waals surface area (Å²) in [6.07, 6.45) is 52.2. The predicted molar refractivity (Wildman–Crippen MR) is 258 cm³/mol. The van der Waals surface area contributed by atoms with Crippen LogP contribution in [-0.2, 0) is 9.53 Å². The fourth-order valence-corrected chi connectivity index (χ4v) is 9.14. The van der Waals surface area contributed by atoms with E-state index in [1.54, 1.807) is 13.0 Å². The SMILES string of the molecule is CCCCCCCCCCCCCCCC(CCCCCCCCCCCCCCC)N(CCO)CCCCCCCOC(=O)C(C)c1ccc(C2=CCCC=C2)c(F)c1. The first-order chi connectivity index (χ1) is 29.5. The van der Waals surface area contributed by atoms with E-state index in [1.165, 1.54) is 186 Å². The van der Waals surface area contributed by atoms with Crippen molar-refractivity contribution in [2.75, 3.05) is 26.3 Å². The van der Waals surface area contributed by atoms with Crippen molar-refractivity contribution in [3.63, 3.8) is 0 Å². The van der Waals surface area contributed by atoms with Crippen LogP contribution in [0.3, 0.4) is 0 Å². The van der Waals surface area contributed by atoms with E-state index in [2.05, 4.69) is 30.9 Å². The molecule has 0 bridgehead atoms. The lowest BCUT2D eigenvalue weighted by Gasteiger charge is -2.32. The molecule has 1 aromatic rings. The van der Waals surface area contributed by atoms with Gasteiger partial charge in [-0.3, -0.25) is 9.69 Å². The zero-order valence-corrected chi connectivity index (χ0v) is 39.8. The monoisotopic (exact) mass is 838 g/mol. The van der Waals surface area contributed by atoms with Gasteiger partial charge in [-0.1, -0.05) is 230 Å². The lowest BCUT2D eigenvalue weighted by atomic mass is 9.94. The first kappa shape index (κ1) is 54.2. The van der Waals surface area contributed by atoms with Gasteiger partial charge in [0, 0.05) is 18.2 Å². The van der Waals surface area contributed by atoms with Gasteiger partial charge < -0.3 is 9.84 Å². The summed E-state index contributed by atoms with van der Waals surface area (Å²) in [5.74, 6) is -1.06. The van der Waals surface area contributed by atoms with E-state index in [0.29, 0.717) is 23.8 Å². The molecule has 0 saturated carbocycles. The Balaban J connectivity index is 1.68. The zero-order chi connectivity index (χ0) is 43.1. The highest BCUT2D eigenvalue weighted by atomic mass is 19.1. The van der Waals surface area contributed by atoms with Gasteiger partial charge in [-0.15, -0.1) is 0 Å². The Hall–Kier alpha value is -1.98. The number of halogens is 1. The number of rotatable bonds is 42. The molecular formula is C55H96FNO3. The van der Waals surface area contributed by atoms with Gasteiger partial charge in [0.1, 0.15) is 5.82 Å². The van der Waals surface area contributed by atoms with E-state index in [0.717, 1.165) is 63.6 Å². The molecule has 0 radical (unpaired) electrons. The van der Waals surface area contributed by atoms with Crippen LogP contribution in [-0.4, -0.2) is 48.3 Å². The van der Waals surface area contributed by atoms with Crippen LogP contribution in [0.5, 0.6) is 0 Å². The second-order valence-corrected chi connectivity index (χ2v) is 18.5. The van der Waals surface area contributed by atoms with Crippen LogP contribution in [0.4, 0.5) is 4.39 Å². The molecule has 5 heteroatoms. The van der Waals surface area contributed by atoms with Crippen molar-refractivity contribution in [1.29, 1.82) is 0 Å². The first-order valence-electron chi connectivity index (χ1n) is 26.2. The van der Waals surface area contributed by atoms with E-state index in [4.69, 9.17) is 4.74 Å². The Bertz CT molecular complexity index is 1180. The first-order valence-corrected chi connectivity index (χ1v) is 26.2. The molecule has 0 spiro atoms. The Kier molecular flexibility index (Phi) is 34.9. The molecular weight excluding hydrogens is 742 g/mol. The highest BCUT2D eigenvalue weighted by molar-refractivity contribution is 5.79. The number of carbonyl (C=O) groups is 1. The molecule has 1 atom stereocenters. The summed E-state index contributed by atoms with van der Waals surface area (Å²) in [7, 11) is 0. The van der Waals surface area contributed by atoms with Crippen molar-refractivity contribution in [3.05, 3.63) is 53.4 Å². The number of hydrogen-bond acceptors (Lipinski definition) is 4. The molecule has 1 aliphatic carbocycles.